The maximum Gasteiger partial charge on any atom is 0.316 e. The first kappa shape index (κ1) is 17.9. The van der Waals surface area contributed by atoms with Gasteiger partial charge in [0.25, 0.3) is 0 Å². The van der Waals surface area contributed by atoms with Crippen molar-refractivity contribution >= 4 is 40.9 Å². The normalized spacial score (nSPS) is 16.5. The largest absolute Gasteiger partial charge is 0.459 e. The van der Waals surface area contributed by atoms with Crippen LogP contribution >= 0.6 is 35.0 Å². The van der Waals surface area contributed by atoms with Crippen LogP contribution in [0.3, 0.4) is 0 Å². The maximum absolute atomic E-state index is 12.1. The molecule has 2 rings (SSSR count). The van der Waals surface area contributed by atoms with Crippen LogP contribution in [-0.2, 0) is 9.53 Å². The molecule has 1 heterocycles. The first-order valence-corrected chi connectivity index (χ1v) is 9.24. The summed E-state index contributed by atoms with van der Waals surface area (Å²) in [5.74, 6) is 0.462. The Kier molecular flexibility index (Phi) is 6.45. The van der Waals surface area contributed by atoms with Gasteiger partial charge in [-0.2, -0.15) is 0 Å². The number of rotatable bonds is 5. The highest BCUT2D eigenvalue weighted by Gasteiger charge is 2.35. The van der Waals surface area contributed by atoms with Gasteiger partial charge in [0, 0.05) is 28.7 Å². The van der Waals surface area contributed by atoms with E-state index < -0.39 is 5.60 Å². The molecule has 1 aliphatic heterocycles. The number of ether oxygens (including phenoxy) is 1. The van der Waals surface area contributed by atoms with Gasteiger partial charge in [-0.05, 0) is 32.0 Å². The molecule has 0 bridgehead atoms. The quantitative estimate of drug-likeness (QED) is 0.644. The van der Waals surface area contributed by atoms with E-state index in [-0.39, 0.29) is 11.7 Å². The number of hydrogen-bond acceptors (Lipinski definition) is 3. The fourth-order valence-electron chi connectivity index (χ4n) is 2.75. The van der Waals surface area contributed by atoms with Crippen molar-refractivity contribution in [3.63, 3.8) is 0 Å². The van der Waals surface area contributed by atoms with Gasteiger partial charge < -0.3 is 10.1 Å². The molecule has 0 aromatic heterocycles. The third-order valence-electron chi connectivity index (χ3n) is 4.04. The van der Waals surface area contributed by atoms with Crippen molar-refractivity contribution in [2.75, 3.05) is 18.8 Å². The van der Waals surface area contributed by atoms with Gasteiger partial charge in [-0.25, -0.2) is 0 Å². The van der Waals surface area contributed by atoms with Gasteiger partial charge in [0.15, 0.2) is 0 Å². The number of quaternary nitrogens is 1. The average Bonchev–Trinajstić information content (AvgIpc) is 2.49. The summed E-state index contributed by atoms with van der Waals surface area (Å²) in [6.07, 6.45) is 2.18. The minimum atomic E-state index is -0.413. The Balaban J connectivity index is 1.88. The van der Waals surface area contributed by atoms with Crippen LogP contribution < -0.4 is 5.32 Å². The van der Waals surface area contributed by atoms with Crippen LogP contribution in [0.25, 0.3) is 0 Å². The number of hydrogen-bond donors (Lipinski definition) is 1. The van der Waals surface area contributed by atoms with E-state index in [2.05, 4.69) is 5.32 Å². The standard InChI is InChI=1S/C16H21Cl2NO2S/c1-16(2,11-5-7-19-8-6-11)21-15(20)10-22-14-9-12(17)3-4-13(14)18/h3-4,9,11,19H,5-8,10H2,1-2H3/p+1. The van der Waals surface area contributed by atoms with E-state index in [4.69, 9.17) is 27.9 Å². The number of esters is 1. The Labute approximate surface area is 146 Å². The van der Waals surface area contributed by atoms with Gasteiger partial charge in [-0.15, -0.1) is 11.8 Å². The lowest BCUT2D eigenvalue weighted by molar-refractivity contribution is -0.665. The van der Waals surface area contributed by atoms with E-state index in [9.17, 15) is 4.79 Å². The summed E-state index contributed by atoms with van der Waals surface area (Å²) >= 11 is 13.4. The Hall–Kier alpha value is -0.420. The first-order valence-electron chi connectivity index (χ1n) is 7.50. The Morgan fingerprint density at radius 2 is 2.05 bits per heavy atom. The van der Waals surface area contributed by atoms with Crippen molar-refractivity contribution in [3.8, 4) is 0 Å². The van der Waals surface area contributed by atoms with Crippen molar-refractivity contribution in [1.29, 1.82) is 0 Å². The smallest absolute Gasteiger partial charge is 0.316 e. The van der Waals surface area contributed by atoms with E-state index >= 15 is 0 Å². The Morgan fingerprint density at radius 1 is 1.36 bits per heavy atom. The van der Waals surface area contributed by atoms with Crippen LogP contribution in [0.2, 0.25) is 10.0 Å². The summed E-state index contributed by atoms with van der Waals surface area (Å²) in [4.78, 5) is 12.9. The van der Waals surface area contributed by atoms with Gasteiger partial charge in [-0.1, -0.05) is 23.2 Å². The first-order chi connectivity index (χ1) is 10.4. The van der Waals surface area contributed by atoms with Crippen LogP contribution in [-0.4, -0.2) is 30.4 Å². The summed E-state index contributed by atoms with van der Waals surface area (Å²) in [6.45, 7) is 6.24. The second-order valence-electron chi connectivity index (χ2n) is 6.08. The van der Waals surface area contributed by atoms with Crippen molar-refractivity contribution in [3.05, 3.63) is 28.2 Å². The Morgan fingerprint density at radius 3 is 2.73 bits per heavy atom. The summed E-state index contributed by atoms with van der Waals surface area (Å²) in [6, 6.07) is 5.24. The van der Waals surface area contributed by atoms with Gasteiger partial charge in [0.2, 0.25) is 0 Å². The second-order valence-corrected chi connectivity index (χ2v) is 7.94. The van der Waals surface area contributed by atoms with E-state index in [0.717, 1.165) is 30.8 Å². The van der Waals surface area contributed by atoms with Crippen molar-refractivity contribution < 1.29 is 14.8 Å². The lowest BCUT2D eigenvalue weighted by Gasteiger charge is -2.35. The van der Waals surface area contributed by atoms with E-state index in [0.29, 0.717) is 16.0 Å². The molecule has 1 saturated heterocycles. The third-order valence-corrected chi connectivity index (χ3v) is 5.74. The molecule has 122 valence electrons. The summed E-state index contributed by atoms with van der Waals surface area (Å²) in [5, 5.41) is 3.52. The van der Waals surface area contributed by atoms with Gasteiger partial charge >= 0.3 is 5.97 Å². The number of carbonyl (C=O) groups is 1. The highest BCUT2D eigenvalue weighted by molar-refractivity contribution is 8.00. The molecule has 22 heavy (non-hydrogen) atoms. The number of piperidine rings is 1. The number of nitrogens with two attached hydrogens (primary N) is 1. The molecule has 6 heteroatoms. The minimum Gasteiger partial charge on any atom is -0.459 e. The molecule has 0 aliphatic carbocycles. The molecule has 1 fully saturated rings. The molecule has 0 radical (unpaired) electrons. The predicted octanol–water partition coefficient (Wildman–Crippen LogP) is 3.38. The molecule has 0 unspecified atom stereocenters. The van der Waals surface area contributed by atoms with E-state index in [1.807, 2.05) is 13.8 Å². The van der Waals surface area contributed by atoms with Gasteiger partial charge in [0.1, 0.15) is 5.60 Å². The average molecular weight is 363 g/mol. The summed E-state index contributed by atoms with van der Waals surface area (Å²) in [7, 11) is 0. The van der Waals surface area contributed by atoms with E-state index in [1.165, 1.54) is 11.8 Å². The Bertz CT molecular complexity index is 531. The molecule has 0 amide bonds. The molecular weight excluding hydrogens is 341 g/mol. The summed E-state index contributed by atoms with van der Waals surface area (Å²) in [5.41, 5.74) is -0.413. The monoisotopic (exact) mass is 362 g/mol. The van der Waals surface area contributed by atoms with Gasteiger partial charge in [0.05, 0.1) is 23.9 Å². The predicted molar refractivity (Wildman–Crippen MR) is 91.7 cm³/mol. The van der Waals surface area contributed by atoms with E-state index in [1.54, 1.807) is 18.2 Å². The molecule has 1 aromatic rings. The number of thioether (sulfide) groups is 1. The SMILES string of the molecule is CC(C)(OC(=O)CSc1cc(Cl)ccc1Cl)C1CC[NH2+]CC1. The van der Waals surface area contributed by atoms with Gasteiger partial charge in [-0.3, -0.25) is 4.79 Å². The topological polar surface area (TPSA) is 42.9 Å². The minimum absolute atomic E-state index is 0.208. The zero-order valence-corrected chi connectivity index (χ0v) is 15.2. The molecule has 1 aliphatic rings. The fourth-order valence-corrected chi connectivity index (χ4v) is 4.02. The molecule has 0 spiro atoms. The molecule has 2 N–H and O–H groups in total. The van der Waals surface area contributed by atoms with Crippen LogP contribution in [0, 0.1) is 5.92 Å². The molecule has 0 saturated carbocycles. The van der Waals surface area contributed by atoms with Crippen LogP contribution in [0.5, 0.6) is 0 Å². The number of carbonyl (C=O) groups excluding carboxylic acids is 1. The molecule has 0 atom stereocenters. The highest BCUT2D eigenvalue weighted by atomic mass is 35.5. The molecular formula is C16H22Cl2NO2S+. The van der Waals surface area contributed by atoms with Crippen molar-refractivity contribution in [2.45, 2.75) is 37.2 Å². The van der Waals surface area contributed by atoms with Crippen molar-refractivity contribution in [1.82, 2.24) is 0 Å². The fraction of sp³-hybridized carbons (Fsp3) is 0.562. The van der Waals surface area contributed by atoms with Crippen LogP contribution in [0.15, 0.2) is 23.1 Å². The zero-order valence-electron chi connectivity index (χ0n) is 12.9. The maximum atomic E-state index is 12.1. The number of benzene rings is 1. The zero-order chi connectivity index (χ0) is 16.2. The lowest BCUT2D eigenvalue weighted by atomic mass is 9.83. The highest BCUT2D eigenvalue weighted by Crippen LogP contribution is 2.32. The molecule has 3 nitrogen and oxygen atoms in total. The van der Waals surface area contributed by atoms with Crippen molar-refractivity contribution in [2.24, 2.45) is 5.92 Å². The third kappa shape index (κ3) is 5.05. The summed E-state index contributed by atoms with van der Waals surface area (Å²) < 4.78 is 5.72. The number of halogens is 2. The van der Waals surface area contributed by atoms with Crippen LogP contribution in [0.4, 0.5) is 0 Å². The second kappa shape index (κ2) is 7.91. The lowest BCUT2D eigenvalue weighted by Crippen LogP contribution is -2.86. The van der Waals surface area contributed by atoms with Crippen LogP contribution in [0.1, 0.15) is 26.7 Å². The molecule has 1 aromatic carbocycles.